The van der Waals surface area contributed by atoms with E-state index >= 15 is 0 Å². The first kappa shape index (κ1) is 25.0. The Morgan fingerprint density at radius 3 is 1.50 bits per heavy atom. The largest absolute Gasteiger partial charge is 0.481 e. The fourth-order valence-corrected chi connectivity index (χ4v) is 2.24. The Morgan fingerprint density at radius 1 is 0.679 bits per heavy atom. The predicted octanol–water partition coefficient (Wildman–Crippen LogP) is -0.224. The van der Waals surface area contributed by atoms with Gasteiger partial charge in [-0.1, -0.05) is 6.92 Å². The number of carbonyl (C=O) groups excluding carboxylic acids is 3. The van der Waals surface area contributed by atoms with Crippen LogP contribution in [0.2, 0.25) is 0 Å². The fourth-order valence-electron chi connectivity index (χ4n) is 2.24. The highest BCUT2D eigenvalue weighted by Gasteiger charge is 2.27. The second-order valence-electron chi connectivity index (χ2n) is 6.43. The van der Waals surface area contributed by atoms with Gasteiger partial charge in [0.25, 0.3) is 0 Å². The number of carboxylic acids is 3. The van der Waals surface area contributed by atoms with Gasteiger partial charge in [-0.15, -0.1) is 0 Å². The molecule has 158 valence electrons. The minimum Gasteiger partial charge on any atom is -0.481 e. The van der Waals surface area contributed by atoms with Crippen molar-refractivity contribution in [2.45, 2.75) is 64.5 Å². The van der Waals surface area contributed by atoms with Gasteiger partial charge < -0.3 is 26.0 Å². The van der Waals surface area contributed by atoms with Crippen molar-refractivity contribution in [3.05, 3.63) is 0 Å². The van der Waals surface area contributed by atoms with Gasteiger partial charge in [0, 0.05) is 25.2 Å². The van der Waals surface area contributed by atoms with E-state index in [9.17, 15) is 28.8 Å². The zero-order valence-corrected chi connectivity index (χ0v) is 15.8. The molecule has 0 unspecified atom stereocenters. The standard InChI is InChI=1S/C17H26N2O9/c1-9(3-6-13(21)22)16(27)19-12(5-8-15(25)26)17(28)18-11(10(2)20)4-7-14(23)24/h9,11-12H,3-8H2,1-2H3,(H,18,28)(H,19,27)(H,21,22)(H,23,24)(H,25,26)/t9-,11-,12-/m0/s1. The molecule has 0 aromatic heterocycles. The van der Waals surface area contributed by atoms with Gasteiger partial charge in [-0.25, -0.2) is 0 Å². The molecular weight excluding hydrogens is 376 g/mol. The molecule has 3 atom stereocenters. The Labute approximate surface area is 161 Å². The first-order valence-electron chi connectivity index (χ1n) is 8.70. The summed E-state index contributed by atoms with van der Waals surface area (Å²) in [5, 5.41) is 30.9. The van der Waals surface area contributed by atoms with Crippen molar-refractivity contribution in [2.24, 2.45) is 5.92 Å². The Morgan fingerprint density at radius 2 is 1.07 bits per heavy atom. The van der Waals surface area contributed by atoms with Gasteiger partial charge in [0.15, 0.2) is 5.78 Å². The maximum absolute atomic E-state index is 12.4. The third-order valence-corrected chi connectivity index (χ3v) is 3.97. The van der Waals surface area contributed by atoms with E-state index in [1.165, 1.54) is 13.8 Å². The second-order valence-corrected chi connectivity index (χ2v) is 6.43. The normalized spacial score (nSPS) is 13.6. The van der Waals surface area contributed by atoms with Crippen molar-refractivity contribution < 1.29 is 44.1 Å². The van der Waals surface area contributed by atoms with Crippen molar-refractivity contribution in [2.75, 3.05) is 0 Å². The topological polar surface area (TPSA) is 187 Å². The highest BCUT2D eigenvalue weighted by atomic mass is 16.4. The molecule has 0 saturated heterocycles. The number of amides is 2. The zero-order chi connectivity index (χ0) is 21.9. The van der Waals surface area contributed by atoms with Crippen LogP contribution in [0.1, 0.15) is 52.4 Å². The highest BCUT2D eigenvalue weighted by Crippen LogP contribution is 2.09. The molecule has 0 saturated carbocycles. The van der Waals surface area contributed by atoms with Crippen molar-refractivity contribution in [1.29, 1.82) is 0 Å². The molecule has 0 rings (SSSR count). The number of ketones is 1. The number of carbonyl (C=O) groups is 6. The molecule has 28 heavy (non-hydrogen) atoms. The molecule has 5 N–H and O–H groups in total. The summed E-state index contributed by atoms with van der Waals surface area (Å²) in [5.74, 6) is -6.08. The number of Topliss-reactive ketones (excluding diaryl/α,β-unsaturated/α-hetero) is 1. The summed E-state index contributed by atoms with van der Waals surface area (Å²) in [6.07, 6.45) is -1.40. The van der Waals surface area contributed by atoms with E-state index in [1.807, 2.05) is 0 Å². The maximum atomic E-state index is 12.4. The lowest BCUT2D eigenvalue weighted by atomic mass is 10.0. The minimum atomic E-state index is -1.26. The first-order valence-corrected chi connectivity index (χ1v) is 8.70. The van der Waals surface area contributed by atoms with Crippen LogP contribution in [0.4, 0.5) is 0 Å². The summed E-state index contributed by atoms with van der Waals surface area (Å²) in [5.41, 5.74) is 0. The van der Waals surface area contributed by atoms with Crippen LogP contribution in [0.15, 0.2) is 0 Å². The summed E-state index contributed by atoms with van der Waals surface area (Å²) in [4.78, 5) is 68.3. The molecule has 11 heteroatoms. The third-order valence-electron chi connectivity index (χ3n) is 3.97. The van der Waals surface area contributed by atoms with Crippen LogP contribution < -0.4 is 10.6 Å². The van der Waals surface area contributed by atoms with Gasteiger partial charge in [-0.05, 0) is 26.2 Å². The SMILES string of the molecule is CC(=O)[C@H](CCC(=O)O)NC(=O)[C@H](CCC(=O)O)NC(=O)[C@@H](C)CCC(=O)O. The first-order chi connectivity index (χ1) is 12.9. The maximum Gasteiger partial charge on any atom is 0.303 e. The molecule has 2 amide bonds. The van der Waals surface area contributed by atoms with Crippen molar-refractivity contribution >= 4 is 35.5 Å². The van der Waals surface area contributed by atoms with Gasteiger partial charge in [-0.2, -0.15) is 0 Å². The number of nitrogens with one attached hydrogen (secondary N) is 2. The summed E-state index contributed by atoms with van der Waals surface area (Å²) >= 11 is 0. The summed E-state index contributed by atoms with van der Waals surface area (Å²) < 4.78 is 0. The van der Waals surface area contributed by atoms with E-state index in [-0.39, 0.29) is 32.1 Å². The fraction of sp³-hybridized carbons (Fsp3) is 0.647. The van der Waals surface area contributed by atoms with Crippen LogP contribution in [-0.2, 0) is 28.8 Å². The molecule has 0 aliphatic carbocycles. The highest BCUT2D eigenvalue weighted by molar-refractivity contribution is 5.92. The zero-order valence-electron chi connectivity index (χ0n) is 15.8. The molecule has 0 bridgehead atoms. The molecule has 0 aromatic carbocycles. The van der Waals surface area contributed by atoms with Crippen LogP contribution >= 0.6 is 0 Å². The van der Waals surface area contributed by atoms with E-state index in [0.29, 0.717) is 0 Å². The van der Waals surface area contributed by atoms with Gasteiger partial charge in [-0.3, -0.25) is 28.8 Å². The lowest BCUT2D eigenvalue weighted by Gasteiger charge is -2.23. The van der Waals surface area contributed by atoms with Gasteiger partial charge in [0.05, 0.1) is 6.04 Å². The lowest BCUT2D eigenvalue weighted by molar-refractivity contribution is -0.140. The number of hydrogen-bond acceptors (Lipinski definition) is 6. The lowest BCUT2D eigenvalue weighted by Crippen LogP contribution is -2.52. The Hall–Kier alpha value is -2.98. The molecule has 11 nitrogen and oxygen atoms in total. The van der Waals surface area contributed by atoms with Crippen molar-refractivity contribution in [1.82, 2.24) is 10.6 Å². The van der Waals surface area contributed by atoms with E-state index in [1.54, 1.807) is 0 Å². The molecular formula is C17H26N2O9. The Balaban J connectivity index is 5.08. The summed E-state index contributed by atoms with van der Waals surface area (Å²) in [6, 6.07) is -2.35. The second kappa shape index (κ2) is 12.4. The van der Waals surface area contributed by atoms with Gasteiger partial charge >= 0.3 is 17.9 Å². The molecule has 0 heterocycles. The van der Waals surface area contributed by atoms with E-state index < -0.39 is 59.9 Å². The minimum absolute atomic E-state index is 0.0309. The Bertz CT molecular complexity index is 618. The van der Waals surface area contributed by atoms with Crippen LogP contribution in [0.25, 0.3) is 0 Å². The van der Waals surface area contributed by atoms with Crippen molar-refractivity contribution in [3.63, 3.8) is 0 Å². The van der Waals surface area contributed by atoms with Crippen molar-refractivity contribution in [3.8, 4) is 0 Å². The van der Waals surface area contributed by atoms with Gasteiger partial charge in [0.2, 0.25) is 11.8 Å². The van der Waals surface area contributed by atoms with Crippen LogP contribution in [0.5, 0.6) is 0 Å². The predicted molar refractivity (Wildman–Crippen MR) is 94.3 cm³/mol. The number of hydrogen-bond donors (Lipinski definition) is 5. The molecule has 0 aromatic rings. The smallest absolute Gasteiger partial charge is 0.303 e. The summed E-state index contributed by atoms with van der Waals surface area (Å²) in [6.45, 7) is 2.64. The van der Waals surface area contributed by atoms with Crippen LogP contribution in [0.3, 0.4) is 0 Å². The van der Waals surface area contributed by atoms with Crippen LogP contribution in [0, 0.1) is 5.92 Å². The van der Waals surface area contributed by atoms with Crippen LogP contribution in [-0.4, -0.2) is 62.9 Å². The van der Waals surface area contributed by atoms with E-state index in [4.69, 9.17) is 15.3 Å². The molecule has 0 spiro atoms. The third kappa shape index (κ3) is 10.9. The number of rotatable bonds is 14. The van der Waals surface area contributed by atoms with E-state index in [2.05, 4.69) is 10.6 Å². The molecule has 0 aliphatic rings. The molecule has 0 radical (unpaired) electrons. The number of aliphatic carboxylic acids is 3. The number of carboxylic acid groups (broad SMARTS) is 3. The molecule has 0 aliphatic heterocycles. The quantitative estimate of drug-likeness (QED) is 0.261. The van der Waals surface area contributed by atoms with E-state index in [0.717, 1.165) is 0 Å². The summed E-state index contributed by atoms with van der Waals surface area (Å²) in [7, 11) is 0. The Kier molecular flexibility index (Phi) is 11.1. The van der Waals surface area contributed by atoms with Gasteiger partial charge in [0.1, 0.15) is 6.04 Å². The molecule has 0 fully saturated rings. The monoisotopic (exact) mass is 402 g/mol. The average molecular weight is 402 g/mol. The average Bonchev–Trinajstić information content (AvgIpc) is 2.58.